The molecule has 6 nitrogen and oxygen atoms in total. The van der Waals surface area contributed by atoms with Crippen LogP contribution in [0.3, 0.4) is 0 Å². The molecule has 2 N–H and O–H groups in total. The summed E-state index contributed by atoms with van der Waals surface area (Å²) in [5, 5.41) is 11.8. The van der Waals surface area contributed by atoms with Crippen LogP contribution in [0.25, 0.3) is 0 Å². The van der Waals surface area contributed by atoms with Crippen molar-refractivity contribution in [3.63, 3.8) is 0 Å². The van der Waals surface area contributed by atoms with Gasteiger partial charge < -0.3 is 20.1 Å². The van der Waals surface area contributed by atoms with E-state index in [2.05, 4.69) is 5.32 Å². The molecule has 0 aromatic heterocycles. The van der Waals surface area contributed by atoms with E-state index in [-0.39, 0.29) is 6.03 Å². The number of ether oxygens (including phenoxy) is 1. The number of likely N-dealkylation sites (tertiary alicyclic amines) is 1. The number of carbonyl (C=O) groups excluding carboxylic acids is 1. The van der Waals surface area contributed by atoms with E-state index in [4.69, 9.17) is 4.74 Å². The zero-order valence-corrected chi connectivity index (χ0v) is 12.1. The van der Waals surface area contributed by atoms with Crippen LogP contribution in [-0.2, 0) is 9.53 Å². The Morgan fingerprint density at radius 3 is 2.58 bits per heavy atom. The van der Waals surface area contributed by atoms with Gasteiger partial charge in [0.25, 0.3) is 0 Å². The second-order valence-corrected chi connectivity index (χ2v) is 6.14. The fourth-order valence-electron chi connectivity index (χ4n) is 2.25. The van der Waals surface area contributed by atoms with Crippen LogP contribution in [-0.4, -0.2) is 54.9 Å². The van der Waals surface area contributed by atoms with Crippen LogP contribution in [0.1, 0.15) is 27.2 Å². The Balaban J connectivity index is 2.57. The minimum Gasteiger partial charge on any atom is -0.480 e. The van der Waals surface area contributed by atoms with E-state index in [1.54, 1.807) is 32.8 Å². The first-order valence-corrected chi connectivity index (χ1v) is 6.53. The molecule has 1 heterocycles. The summed E-state index contributed by atoms with van der Waals surface area (Å²) in [6.45, 7) is 7.29. The number of carbonyl (C=O) groups is 2. The number of aliphatic carboxylic acids is 1. The van der Waals surface area contributed by atoms with Crippen LogP contribution >= 0.6 is 0 Å². The molecular weight excluding hydrogens is 248 g/mol. The molecule has 0 radical (unpaired) electrons. The van der Waals surface area contributed by atoms with Gasteiger partial charge in [-0.15, -0.1) is 0 Å². The number of hydrogen-bond donors (Lipinski definition) is 2. The molecule has 1 rings (SSSR count). The molecule has 0 saturated carbocycles. The number of rotatable bonds is 4. The van der Waals surface area contributed by atoms with E-state index in [0.29, 0.717) is 25.6 Å². The summed E-state index contributed by atoms with van der Waals surface area (Å²) in [6.07, 6.45) is 0.897. The van der Waals surface area contributed by atoms with Crippen molar-refractivity contribution in [2.45, 2.75) is 33.2 Å². The molecular formula is C13H24N2O4. The molecule has 1 unspecified atom stereocenters. The number of nitrogens with zero attached hydrogens (tertiary/aromatic N) is 1. The van der Waals surface area contributed by atoms with E-state index in [0.717, 1.165) is 6.42 Å². The number of methoxy groups -OCH3 is 1. The van der Waals surface area contributed by atoms with Gasteiger partial charge in [0.2, 0.25) is 0 Å². The smallest absolute Gasteiger partial charge is 0.326 e. The summed E-state index contributed by atoms with van der Waals surface area (Å²) in [4.78, 5) is 24.9. The molecule has 6 heteroatoms. The van der Waals surface area contributed by atoms with Crippen molar-refractivity contribution < 1.29 is 19.4 Å². The molecule has 1 fully saturated rings. The minimum atomic E-state index is -1.01. The van der Waals surface area contributed by atoms with Crippen LogP contribution in [0.2, 0.25) is 0 Å². The highest BCUT2D eigenvalue weighted by atomic mass is 16.5. The summed E-state index contributed by atoms with van der Waals surface area (Å²) in [5.74, 6) is -0.665. The van der Waals surface area contributed by atoms with Crippen molar-refractivity contribution >= 4 is 12.0 Å². The first kappa shape index (κ1) is 15.8. The maximum atomic E-state index is 12.1. The van der Waals surface area contributed by atoms with Gasteiger partial charge in [-0.05, 0) is 11.8 Å². The summed E-state index contributed by atoms with van der Waals surface area (Å²) in [7, 11) is 1.64. The Hall–Kier alpha value is -1.30. The second-order valence-electron chi connectivity index (χ2n) is 6.14. The first-order valence-electron chi connectivity index (χ1n) is 6.53. The van der Waals surface area contributed by atoms with E-state index in [1.807, 2.05) is 0 Å². The van der Waals surface area contributed by atoms with E-state index < -0.39 is 17.4 Å². The number of nitrogens with one attached hydrogen (secondary N) is 1. The van der Waals surface area contributed by atoms with Gasteiger partial charge in [0.1, 0.15) is 6.04 Å². The Labute approximate surface area is 114 Å². The molecule has 19 heavy (non-hydrogen) atoms. The van der Waals surface area contributed by atoms with Crippen molar-refractivity contribution in [1.82, 2.24) is 10.2 Å². The Morgan fingerprint density at radius 1 is 1.47 bits per heavy atom. The third-order valence-electron chi connectivity index (χ3n) is 3.36. The number of amides is 2. The van der Waals surface area contributed by atoms with Crippen LogP contribution in [0.15, 0.2) is 0 Å². The third-order valence-corrected chi connectivity index (χ3v) is 3.36. The largest absolute Gasteiger partial charge is 0.480 e. The molecule has 2 atom stereocenters. The third kappa shape index (κ3) is 4.38. The van der Waals surface area contributed by atoms with Gasteiger partial charge in [0.05, 0.1) is 6.61 Å². The Kier molecular flexibility index (Phi) is 5.17. The zero-order chi connectivity index (χ0) is 14.6. The standard InChI is InChI=1S/C13H24N2O4/c1-13(2,3)10(11(16)17)14-12(18)15-6-5-9(7-15)8-19-4/h9-10H,5-8H2,1-4H3,(H,14,18)(H,16,17)/t9?,10-/m0/s1. The first-order chi connectivity index (χ1) is 8.75. The van der Waals surface area contributed by atoms with Gasteiger partial charge in [-0.3, -0.25) is 0 Å². The number of carboxylic acid groups (broad SMARTS) is 1. The molecule has 110 valence electrons. The molecule has 0 bridgehead atoms. The van der Waals surface area contributed by atoms with Crippen LogP contribution < -0.4 is 5.32 Å². The van der Waals surface area contributed by atoms with Crippen molar-refractivity contribution in [3.8, 4) is 0 Å². The summed E-state index contributed by atoms with van der Waals surface area (Å²) >= 11 is 0. The quantitative estimate of drug-likeness (QED) is 0.805. The molecule has 1 saturated heterocycles. The van der Waals surface area contributed by atoms with Crippen molar-refractivity contribution in [2.75, 3.05) is 26.8 Å². The van der Waals surface area contributed by atoms with Crippen molar-refractivity contribution in [3.05, 3.63) is 0 Å². The highest BCUT2D eigenvalue weighted by Gasteiger charge is 2.35. The molecule has 0 aliphatic carbocycles. The zero-order valence-electron chi connectivity index (χ0n) is 12.1. The topological polar surface area (TPSA) is 78.9 Å². The minimum absolute atomic E-state index is 0.305. The lowest BCUT2D eigenvalue weighted by Crippen LogP contribution is -2.52. The summed E-state index contributed by atoms with van der Waals surface area (Å²) in [5.41, 5.74) is -0.521. The maximum absolute atomic E-state index is 12.1. The summed E-state index contributed by atoms with van der Waals surface area (Å²) in [6, 6.07) is -1.19. The van der Waals surface area contributed by atoms with Gasteiger partial charge in [0.15, 0.2) is 0 Å². The van der Waals surface area contributed by atoms with Crippen LogP contribution in [0.5, 0.6) is 0 Å². The highest BCUT2D eigenvalue weighted by Crippen LogP contribution is 2.21. The van der Waals surface area contributed by atoms with Gasteiger partial charge >= 0.3 is 12.0 Å². The number of carboxylic acids is 1. The SMILES string of the molecule is COCC1CCN(C(=O)N[C@@H](C(=O)O)C(C)(C)C)C1. The van der Waals surface area contributed by atoms with Gasteiger partial charge in [0, 0.05) is 26.1 Å². The lowest BCUT2D eigenvalue weighted by Gasteiger charge is -2.29. The summed E-state index contributed by atoms with van der Waals surface area (Å²) < 4.78 is 5.07. The second kappa shape index (κ2) is 6.23. The lowest BCUT2D eigenvalue weighted by atomic mass is 9.87. The number of urea groups is 1. The normalized spacial score (nSPS) is 21.3. The van der Waals surface area contributed by atoms with E-state index in [1.165, 1.54) is 0 Å². The predicted octanol–water partition coefficient (Wildman–Crippen LogP) is 1.16. The molecule has 0 spiro atoms. The molecule has 0 aromatic rings. The predicted molar refractivity (Wildman–Crippen MR) is 71.0 cm³/mol. The van der Waals surface area contributed by atoms with Gasteiger partial charge in [-0.25, -0.2) is 9.59 Å². The van der Waals surface area contributed by atoms with E-state index >= 15 is 0 Å². The van der Waals surface area contributed by atoms with Crippen molar-refractivity contribution in [1.29, 1.82) is 0 Å². The van der Waals surface area contributed by atoms with Gasteiger partial charge in [-0.1, -0.05) is 20.8 Å². The van der Waals surface area contributed by atoms with Crippen LogP contribution in [0, 0.1) is 11.3 Å². The number of hydrogen-bond acceptors (Lipinski definition) is 3. The fourth-order valence-corrected chi connectivity index (χ4v) is 2.25. The molecule has 1 aliphatic heterocycles. The van der Waals surface area contributed by atoms with Crippen LogP contribution in [0.4, 0.5) is 4.79 Å². The molecule has 0 aromatic carbocycles. The maximum Gasteiger partial charge on any atom is 0.326 e. The molecule has 1 aliphatic rings. The average Bonchev–Trinajstić information content (AvgIpc) is 2.72. The van der Waals surface area contributed by atoms with Gasteiger partial charge in [-0.2, -0.15) is 0 Å². The lowest BCUT2D eigenvalue weighted by molar-refractivity contribution is -0.142. The Morgan fingerprint density at radius 2 is 2.11 bits per heavy atom. The Bertz CT molecular complexity index is 338. The fraction of sp³-hybridized carbons (Fsp3) is 0.846. The van der Waals surface area contributed by atoms with Crippen molar-refractivity contribution in [2.24, 2.45) is 11.3 Å². The highest BCUT2D eigenvalue weighted by molar-refractivity contribution is 5.83. The van der Waals surface area contributed by atoms with E-state index in [9.17, 15) is 14.7 Å². The monoisotopic (exact) mass is 272 g/mol. The average molecular weight is 272 g/mol. The molecule has 2 amide bonds.